The molecule has 1 aliphatic rings. The lowest BCUT2D eigenvalue weighted by Gasteiger charge is -2.29. The van der Waals surface area contributed by atoms with E-state index < -0.39 is 29.9 Å². The monoisotopic (exact) mass is 332 g/mol. The molecule has 23 heavy (non-hydrogen) atoms. The zero-order valence-corrected chi connectivity index (χ0v) is 14.0. The van der Waals surface area contributed by atoms with Crippen molar-refractivity contribution in [3.63, 3.8) is 0 Å². The molecule has 0 bridgehead atoms. The molecule has 0 aliphatic heterocycles. The van der Waals surface area contributed by atoms with Crippen LogP contribution in [0.2, 0.25) is 0 Å². The summed E-state index contributed by atoms with van der Waals surface area (Å²) in [4.78, 5) is 22.5. The molecule has 0 radical (unpaired) electrons. The Balaban J connectivity index is 2.57. The Bertz CT molecular complexity index is 460. The van der Waals surface area contributed by atoms with E-state index in [0.717, 1.165) is 24.8 Å². The molecule has 3 unspecified atom stereocenters. The minimum atomic E-state index is -4.09. The van der Waals surface area contributed by atoms with Crippen LogP contribution in [0.25, 0.3) is 0 Å². The van der Waals surface area contributed by atoms with Crippen molar-refractivity contribution < 1.29 is 28.2 Å². The molecule has 0 aromatic carbocycles. The Labute approximate surface area is 135 Å². The molecule has 3 atom stereocenters. The van der Waals surface area contributed by atoms with E-state index in [9.17, 15) is 18.4 Å². The summed E-state index contributed by atoms with van der Waals surface area (Å²) in [6.07, 6.45) is 1.42. The fourth-order valence-corrected chi connectivity index (χ4v) is 3.21. The minimum absolute atomic E-state index is 0.0174. The topological polar surface area (TPSA) is 63.6 Å². The van der Waals surface area contributed by atoms with Crippen molar-refractivity contribution in [2.45, 2.75) is 64.9 Å². The Morgan fingerprint density at radius 1 is 1.39 bits per heavy atom. The number of allylic oxidation sites excluding steroid dienone is 1. The van der Waals surface area contributed by atoms with Gasteiger partial charge in [0.1, 0.15) is 0 Å². The molecule has 1 aliphatic carbocycles. The highest BCUT2D eigenvalue weighted by Gasteiger charge is 2.51. The second-order valence-corrected chi connectivity index (χ2v) is 6.99. The number of alkyl halides is 2. The Morgan fingerprint density at radius 3 is 2.48 bits per heavy atom. The molecular weight excluding hydrogens is 306 g/mol. The first kappa shape index (κ1) is 19.6. The van der Waals surface area contributed by atoms with Crippen molar-refractivity contribution in [3.05, 3.63) is 12.2 Å². The molecule has 1 rings (SSSR count). The van der Waals surface area contributed by atoms with Crippen LogP contribution >= 0.6 is 0 Å². The van der Waals surface area contributed by atoms with Crippen LogP contribution in [0.5, 0.6) is 0 Å². The van der Waals surface area contributed by atoms with Crippen molar-refractivity contribution in [2.75, 3.05) is 0 Å². The number of rotatable bonds is 7. The van der Waals surface area contributed by atoms with Crippen LogP contribution in [0.15, 0.2) is 12.2 Å². The van der Waals surface area contributed by atoms with Crippen LogP contribution < -0.4 is 0 Å². The first-order valence-corrected chi connectivity index (χ1v) is 8.01. The standard InChI is InChI=1S/C17H26F2O4/c1-10(2)15(17(18,19)16(21)22)23-14(20)6-5-13-8-11(3)7-12(4)9-13/h10,12-13,15H,3,5-9H2,1-2,4H3,(H,21,22). The third kappa shape index (κ3) is 5.59. The quantitative estimate of drug-likeness (QED) is 0.564. The van der Waals surface area contributed by atoms with E-state index in [2.05, 4.69) is 13.5 Å². The van der Waals surface area contributed by atoms with Gasteiger partial charge in [-0.1, -0.05) is 32.9 Å². The lowest BCUT2D eigenvalue weighted by atomic mass is 9.78. The van der Waals surface area contributed by atoms with Crippen LogP contribution in [0, 0.1) is 17.8 Å². The van der Waals surface area contributed by atoms with Crippen LogP contribution in [-0.4, -0.2) is 29.1 Å². The van der Waals surface area contributed by atoms with Crippen molar-refractivity contribution in [3.8, 4) is 0 Å². The van der Waals surface area contributed by atoms with E-state index in [1.54, 1.807) is 0 Å². The average Bonchev–Trinajstić information content (AvgIpc) is 2.40. The summed E-state index contributed by atoms with van der Waals surface area (Å²) in [7, 11) is 0. The van der Waals surface area contributed by atoms with Gasteiger partial charge in [0.25, 0.3) is 0 Å². The molecule has 4 nitrogen and oxygen atoms in total. The van der Waals surface area contributed by atoms with E-state index in [1.807, 2.05) is 0 Å². The van der Waals surface area contributed by atoms with E-state index in [-0.39, 0.29) is 6.42 Å². The first-order valence-electron chi connectivity index (χ1n) is 8.01. The third-order valence-electron chi connectivity index (χ3n) is 4.21. The fourth-order valence-electron chi connectivity index (χ4n) is 3.21. The maximum atomic E-state index is 13.6. The number of esters is 1. The van der Waals surface area contributed by atoms with Crippen LogP contribution in [0.4, 0.5) is 8.78 Å². The summed E-state index contributed by atoms with van der Waals surface area (Å²) in [5, 5.41) is 8.61. The summed E-state index contributed by atoms with van der Waals surface area (Å²) in [5.74, 6) is -7.11. The van der Waals surface area contributed by atoms with Gasteiger partial charge in [-0.3, -0.25) is 4.79 Å². The fraction of sp³-hybridized carbons (Fsp3) is 0.765. The molecule has 0 amide bonds. The second-order valence-electron chi connectivity index (χ2n) is 6.99. The smallest absolute Gasteiger partial charge is 0.378 e. The zero-order valence-electron chi connectivity index (χ0n) is 14.0. The molecule has 1 fully saturated rings. The normalized spacial score (nSPS) is 23.7. The molecule has 0 spiro atoms. The number of hydrogen-bond acceptors (Lipinski definition) is 3. The number of carbonyl (C=O) groups is 2. The van der Waals surface area contributed by atoms with E-state index in [4.69, 9.17) is 9.84 Å². The number of halogens is 2. The van der Waals surface area contributed by atoms with Crippen molar-refractivity contribution >= 4 is 11.9 Å². The van der Waals surface area contributed by atoms with E-state index in [1.165, 1.54) is 13.8 Å². The summed E-state index contributed by atoms with van der Waals surface area (Å²) in [6, 6.07) is 0. The summed E-state index contributed by atoms with van der Waals surface area (Å²) in [5.41, 5.74) is 1.15. The summed E-state index contributed by atoms with van der Waals surface area (Å²) in [6.45, 7) is 8.92. The predicted molar refractivity (Wildman–Crippen MR) is 82.2 cm³/mol. The zero-order chi connectivity index (χ0) is 17.8. The number of aliphatic carboxylic acids is 1. The van der Waals surface area contributed by atoms with Gasteiger partial charge in [0.2, 0.25) is 0 Å². The Kier molecular flexibility index (Phi) is 6.71. The average molecular weight is 332 g/mol. The maximum absolute atomic E-state index is 13.6. The molecule has 0 heterocycles. The van der Waals surface area contributed by atoms with Gasteiger partial charge in [-0.2, -0.15) is 8.78 Å². The van der Waals surface area contributed by atoms with E-state index >= 15 is 0 Å². The lowest BCUT2D eigenvalue weighted by molar-refractivity contribution is -0.199. The van der Waals surface area contributed by atoms with Gasteiger partial charge >= 0.3 is 17.9 Å². The van der Waals surface area contributed by atoms with Crippen molar-refractivity contribution in [2.24, 2.45) is 17.8 Å². The highest BCUT2D eigenvalue weighted by Crippen LogP contribution is 2.34. The van der Waals surface area contributed by atoms with Gasteiger partial charge in [0.15, 0.2) is 6.10 Å². The molecule has 0 aromatic heterocycles. The highest BCUT2D eigenvalue weighted by atomic mass is 19.3. The molecule has 0 saturated heterocycles. The molecule has 0 aromatic rings. The van der Waals surface area contributed by atoms with Crippen molar-refractivity contribution in [1.82, 2.24) is 0 Å². The van der Waals surface area contributed by atoms with E-state index in [0.29, 0.717) is 18.3 Å². The number of hydrogen-bond donors (Lipinski definition) is 1. The molecular formula is C17H26F2O4. The Hall–Kier alpha value is -1.46. The summed E-state index contributed by atoms with van der Waals surface area (Å²) >= 11 is 0. The summed E-state index contributed by atoms with van der Waals surface area (Å²) < 4.78 is 32.1. The second kappa shape index (κ2) is 7.88. The molecule has 1 saturated carbocycles. The van der Waals surface area contributed by atoms with Gasteiger partial charge in [0, 0.05) is 6.42 Å². The lowest BCUT2D eigenvalue weighted by Crippen LogP contribution is -2.47. The molecule has 1 N–H and O–H groups in total. The molecule has 6 heteroatoms. The van der Waals surface area contributed by atoms with Crippen LogP contribution in [0.3, 0.4) is 0 Å². The molecule has 132 valence electrons. The number of carboxylic acids is 1. The predicted octanol–water partition coefficient (Wildman–Crippen LogP) is 4.05. The van der Waals surface area contributed by atoms with Gasteiger partial charge < -0.3 is 9.84 Å². The van der Waals surface area contributed by atoms with Crippen LogP contribution in [-0.2, 0) is 14.3 Å². The van der Waals surface area contributed by atoms with Gasteiger partial charge in [-0.25, -0.2) is 4.79 Å². The first-order chi connectivity index (χ1) is 10.5. The number of ether oxygens (including phenoxy) is 1. The number of carbonyl (C=O) groups excluding carboxylic acids is 1. The highest BCUT2D eigenvalue weighted by molar-refractivity contribution is 5.77. The number of carboxylic acid groups (broad SMARTS) is 1. The van der Waals surface area contributed by atoms with Gasteiger partial charge in [0.05, 0.1) is 0 Å². The largest absolute Gasteiger partial charge is 0.477 e. The third-order valence-corrected chi connectivity index (χ3v) is 4.21. The van der Waals surface area contributed by atoms with Gasteiger partial charge in [-0.15, -0.1) is 0 Å². The van der Waals surface area contributed by atoms with Gasteiger partial charge in [-0.05, 0) is 43.4 Å². The van der Waals surface area contributed by atoms with Crippen molar-refractivity contribution in [1.29, 1.82) is 0 Å². The Morgan fingerprint density at radius 2 is 2.00 bits per heavy atom. The maximum Gasteiger partial charge on any atom is 0.378 e. The minimum Gasteiger partial charge on any atom is -0.477 e. The SMILES string of the molecule is C=C1CC(C)CC(CCC(=O)OC(C(C)C)C(F)(F)C(=O)O)C1. The van der Waals surface area contributed by atoms with Crippen LogP contribution in [0.1, 0.15) is 52.9 Å².